The molecule has 4 heteroatoms. The van der Waals surface area contributed by atoms with E-state index in [1.54, 1.807) is 12.1 Å². The highest BCUT2D eigenvalue weighted by atomic mass is 16.3. The maximum atomic E-state index is 11.8. The lowest BCUT2D eigenvalue weighted by Crippen LogP contribution is -2.35. The first-order chi connectivity index (χ1) is 9.29. The normalized spacial score (nSPS) is 11.8. The SMILES string of the molecule is Cn1cc(CCNC(=O)C(C)(C)C)c2cc(O)ccc21. The molecule has 0 aliphatic heterocycles. The van der Waals surface area contributed by atoms with Gasteiger partial charge in [-0.25, -0.2) is 0 Å². The molecule has 4 nitrogen and oxygen atoms in total. The molecule has 0 spiro atoms. The van der Waals surface area contributed by atoms with Gasteiger partial charge in [-0.3, -0.25) is 4.79 Å². The van der Waals surface area contributed by atoms with Crippen LogP contribution in [0.5, 0.6) is 5.75 Å². The Morgan fingerprint density at radius 3 is 2.70 bits per heavy atom. The van der Waals surface area contributed by atoms with Crippen LogP contribution in [0.4, 0.5) is 0 Å². The van der Waals surface area contributed by atoms with Crippen LogP contribution in [0.15, 0.2) is 24.4 Å². The lowest BCUT2D eigenvalue weighted by atomic mass is 9.95. The van der Waals surface area contributed by atoms with E-state index >= 15 is 0 Å². The summed E-state index contributed by atoms with van der Waals surface area (Å²) in [5.74, 6) is 0.323. The highest BCUT2D eigenvalue weighted by Gasteiger charge is 2.20. The summed E-state index contributed by atoms with van der Waals surface area (Å²) in [6.45, 7) is 6.31. The fraction of sp³-hybridized carbons (Fsp3) is 0.438. The second-order valence-corrected chi connectivity index (χ2v) is 6.22. The van der Waals surface area contributed by atoms with Gasteiger partial charge in [-0.05, 0) is 30.2 Å². The van der Waals surface area contributed by atoms with Crippen molar-refractivity contribution in [2.24, 2.45) is 12.5 Å². The summed E-state index contributed by atoms with van der Waals surface area (Å²) in [6, 6.07) is 5.37. The van der Waals surface area contributed by atoms with E-state index in [0.717, 1.165) is 22.9 Å². The van der Waals surface area contributed by atoms with E-state index in [9.17, 15) is 9.90 Å². The molecule has 2 aromatic rings. The maximum absolute atomic E-state index is 11.8. The molecule has 0 saturated heterocycles. The minimum absolute atomic E-state index is 0.0561. The van der Waals surface area contributed by atoms with Crippen LogP contribution in [0, 0.1) is 5.41 Å². The number of carbonyl (C=O) groups is 1. The van der Waals surface area contributed by atoms with Gasteiger partial charge in [0.2, 0.25) is 5.91 Å². The van der Waals surface area contributed by atoms with Crippen molar-refractivity contribution in [3.05, 3.63) is 30.0 Å². The van der Waals surface area contributed by atoms with Crippen molar-refractivity contribution in [2.45, 2.75) is 27.2 Å². The van der Waals surface area contributed by atoms with Crippen LogP contribution in [0.2, 0.25) is 0 Å². The van der Waals surface area contributed by atoms with Crippen LogP contribution in [-0.2, 0) is 18.3 Å². The zero-order valence-electron chi connectivity index (χ0n) is 12.5. The van der Waals surface area contributed by atoms with Crippen molar-refractivity contribution < 1.29 is 9.90 Å². The van der Waals surface area contributed by atoms with Gasteiger partial charge >= 0.3 is 0 Å². The zero-order valence-corrected chi connectivity index (χ0v) is 12.5. The van der Waals surface area contributed by atoms with Crippen LogP contribution in [-0.4, -0.2) is 22.1 Å². The van der Waals surface area contributed by atoms with Crippen molar-refractivity contribution in [3.63, 3.8) is 0 Å². The Labute approximate surface area is 119 Å². The van der Waals surface area contributed by atoms with E-state index in [1.165, 1.54) is 0 Å². The van der Waals surface area contributed by atoms with Crippen molar-refractivity contribution in [1.29, 1.82) is 0 Å². The standard InChI is InChI=1S/C16H22N2O2/c1-16(2,3)15(20)17-8-7-11-10-18(4)14-6-5-12(19)9-13(11)14/h5-6,9-10,19H,7-8H2,1-4H3,(H,17,20). The summed E-state index contributed by atoms with van der Waals surface area (Å²) < 4.78 is 2.04. The van der Waals surface area contributed by atoms with Gasteiger partial charge in [0.25, 0.3) is 0 Å². The summed E-state index contributed by atoms with van der Waals surface area (Å²) in [4.78, 5) is 11.8. The lowest BCUT2D eigenvalue weighted by Gasteiger charge is -2.17. The van der Waals surface area contributed by atoms with E-state index in [-0.39, 0.29) is 17.1 Å². The lowest BCUT2D eigenvalue weighted by molar-refractivity contribution is -0.128. The number of phenols is 1. The molecule has 0 bridgehead atoms. The number of benzene rings is 1. The first-order valence-corrected chi connectivity index (χ1v) is 6.84. The molecule has 0 atom stereocenters. The van der Waals surface area contributed by atoms with Gasteiger partial charge in [0.15, 0.2) is 0 Å². The van der Waals surface area contributed by atoms with Gasteiger partial charge in [-0.2, -0.15) is 0 Å². The van der Waals surface area contributed by atoms with Gasteiger partial charge in [-0.1, -0.05) is 20.8 Å². The number of rotatable bonds is 3. The Balaban J connectivity index is 2.11. The molecule has 0 fully saturated rings. The fourth-order valence-electron chi connectivity index (χ4n) is 2.24. The Morgan fingerprint density at radius 2 is 2.05 bits per heavy atom. The molecule has 2 rings (SSSR count). The summed E-state index contributed by atoms with van der Waals surface area (Å²) in [6.07, 6.45) is 2.80. The van der Waals surface area contributed by atoms with Gasteiger partial charge in [0.1, 0.15) is 5.75 Å². The Kier molecular flexibility index (Phi) is 3.75. The highest BCUT2D eigenvalue weighted by Crippen LogP contribution is 2.25. The third-order valence-corrected chi connectivity index (χ3v) is 3.42. The molecule has 2 N–H and O–H groups in total. The van der Waals surface area contributed by atoms with Gasteiger partial charge in [0.05, 0.1) is 0 Å². The van der Waals surface area contributed by atoms with E-state index in [4.69, 9.17) is 0 Å². The minimum atomic E-state index is -0.364. The minimum Gasteiger partial charge on any atom is -0.508 e. The first kappa shape index (κ1) is 14.4. The van der Waals surface area contributed by atoms with Crippen LogP contribution < -0.4 is 5.32 Å². The van der Waals surface area contributed by atoms with Gasteiger partial charge < -0.3 is 15.0 Å². The quantitative estimate of drug-likeness (QED) is 0.904. The first-order valence-electron chi connectivity index (χ1n) is 6.84. The molecule has 1 amide bonds. The monoisotopic (exact) mass is 274 g/mol. The third kappa shape index (κ3) is 2.95. The number of nitrogens with one attached hydrogen (secondary N) is 1. The number of carbonyl (C=O) groups excluding carboxylic acids is 1. The number of hydrogen-bond acceptors (Lipinski definition) is 2. The summed E-state index contributed by atoms with van der Waals surface area (Å²) in [7, 11) is 1.98. The number of phenolic OH excluding ortho intramolecular Hbond substituents is 1. The molecule has 1 heterocycles. The largest absolute Gasteiger partial charge is 0.508 e. The molecule has 1 aromatic heterocycles. The fourth-order valence-corrected chi connectivity index (χ4v) is 2.24. The van der Waals surface area contributed by atoms with Crippen LogP contribution in [0.1, 0.15) is 26.3 Å². The zero-order chi connectivity index (χ0) is 14.9. The molecular weight excluding hydrogens is 252 g/mol. The summed E-state index contributed by atoms with van der Waals surface area (Å²) in [5.41, 5.74) is 1.85. The summed E-state index contributed by atoms with van der Waals surface area (Å²) in [5, 5.41) is 13.6. The Hall–Kier alpha value is -1.97. The number of aromatic hydroxyl groups is 1. The molecule has 0 aliphatic rings. The molecule has 0 unspecified atom stereocenters. The van der Waals surface area contributed by atoms with Crippen molar-refractivity contribution in [2.75, 3.05) is 6.54 Å². The van der Waals surface area contributed by atoms with Crippen LogP contribution in [0.3, 0.4) is 0 Å². The third-order valence-electron chi connectivity index (χ3n) is 3.42. The second-order valence-electron chi connectivity index (χ2n) is 6.22. The number of nitrogens with zero attached hydrogens (tertiary/aromatic N) is 1. The molecule has 20 heavy (non-hydrogen) atoms. The van der Waals surface area contributed by atoms with E-state index in [2.05, 4.69) is 5.32 Å². The maximum Gasteiger partial charge on any atom is 0.225 e. The topological polar surface area (TPSA) is 54.3 Å². The molecule has 0 radical (unpaired) electrons. The van der Waals surface area contributed by atoms with E-state index in [0.29, 0.717) is 6.54 Å². The van der Waals surface area contributed by atoms with Gasteiger partial charge in [-0.15, -0.1) is 0 Å². The van der Waals surface area contributed by atoms with E-state index in [1.807, 2.05) is 44.6 Å². The predicted molar refractivity (Wildman–Crippen MR) is 80.8 cm³/mol. The highest BCUT2D eigenvalue weighted by molar-refractivity contribution is 5.85. The average Bonchev–Trinajstić information content (AvgIpc) is 2.64. The predicted octanol–water partition coefficient (Wildman–Crippen LogP) is 2.59. The molecule has 0 aliphatic carbocycles. The Morgan fingerprint density at radius 1 is 1.35 bits per heavy atom. The van der Waals surface area contributed by atoms with Crippen LogP contribution >= 0.6 is 0 Å². The number of hydrogen-bond donors (Lipinski definition) is 2. The summed E-state index contributed by atoms with van der Waals surface area (Å²) >= 11 is 0. The van der Waals surface area contributed by atoms with Crippen molar-refractivity contribution >= 4 is 16.8 Å². The van der Waals surface area contributed by atoms with Crippen molar-refractivity contribution in [1.82, 2.24) is 9.88 Å². The van der Waals surface area contributed by atoms with Crippen LogP contribution in [0.25, 0.3) is 10.9 Å². The number of aromatic nitrogens is 1. The Bertz CT molecular complexity index is 636. The van der Waals surface area contributed by atoms with E-state index < -0.39 is 0 Å². The molecule has 108 valence electrons. The number of aryl methyl sites for hydroxylation is 1. The van der Waals surface area contributed by atoms with Gasteiger partial charge in [0, 0.05) is 36.1 Å². The number of fused-ring (bicyclic) bond motifs is 1. The average molecular weight is 274 g/mol. The second kappa shape index (κ2) is 5.19. The smallest absolute Gasteiger partial charge is 0.225 e. The number of amides is 1. The van der Waals surface area contributed by atoms with Crippen molar-refractivity contribution in [3.8, 4) is 5.75 Å². The molecule has 1 aromatic carbocycles. The molecule has 0 saturated carbocycles. The molecular formula is C16H22N2O2.